The third kappa shape index (κ3) is 6.05. The minimum Gasteiger partial charge on any atom is -0.494 e. The summed E-state index contributed by atoms with van der Waals surface area (Å²) in [5.74, 6) is 1.03. The van der Waals surface area contributed by atoms with Crippen molar-refractivity contribution in [2.45, 2.75) is 33.1 Å². The number of piperazine rings is 1. The quantitative estimate of drug-likeness (QED) is 0.661. The molecule has 1 N–H and O–H groups in total. The molecule has 1 aliphatic rings. The molecule has 10 heteroatoms. The number of nitrogens with zero attached hydrogens (tertiary/aromatic N) is 4. The van der Waals surface area contributed by atoms with Gasteiger partial charge in [0, 0.05) is 44.6 Å². The number of hydrogen-bond acceptors (Lipinski definition) is 7. The van der Waals surface area contributed by atoms with E-state index in [1.165, 1.54) is 0 Å². The highest BCUT2D eigenvalue weighted by molar-refractivity contribution is 5.77. The van der Waals surface area contributed by atoms with Crippen molar-refractivity contribution in [2.24, 2.45) is 0 Å². The van der Waals surface area contributed by atoms with E-state index in [0.29, 0.717) is 45.2 Å². The molecule has 1 aromatic carbocycles. The van der Waals surface area contributed by atoms with E-state index < -0.39 is 0 Å². The predicted octanol–water partition coefficient (Wildman–Crippen LogP) is 1.85. The number of nitrogens with one attached hydrogen (secondary N) is 1. The minimum atomic E-state index is -0.360. The lowest BCUT2D eigenvalue weighted by molar-refractivity contribution is -0.132. The first kappa shape index (κ1) is 23.2. The normalized spacial score (nSPS) is 13.7. The van der Waals surface area contributed by atoms with Gasteiger partial charge in [-0.2, -0.15) is 0 Å². The van der Waals surface area contributed by atoms with Crippen LogP contribution in [0.4, 0.5) is 4.79 Å². The number of rotatable bonds is 8. The van der Waals surface area contributed by atoms with Gasteiger partial charge in [0.25, 0.3) is 5.56 Å². The van der Waals surface area contributed by atoms with Gasteiger partial charge in [0.1, 0.15) is 11.4 Å². The topological polar surface area (TPSA) is 118 Å². The van der Waals surface area contributed by atoms with Crippen molar-refractivity contribution >= 4 is 12.0 Å². The van der Waals surface area contributed by atoms with Crippen LogP contribution in [-0.4, -0.2) is 76.4 Å². The first-order valence-corrected chi connectivity index (χ1v) is 10.9. The molecule has 2 aromatic rings. The monoisotopic (exact) mass is 443 g/mol. The summed E-state index contributed by atoms with van der Waals surface area (Å²) in [6, 6.07) is 7.26. The van der Waals surface area contributed by atoms with E-state index in [2.05, 4.69) is 15.2 Å². The van der Waals surface area contributed by atoms with Gasteiger partial charge in [-0.15, -0.1) is 10.2 Å². The number of amides is 2. The fourth-order valence-corrected chi connectivity index (χ4v) is 3.32. The molecule has 1 aliphatic heterocycles. The Morgan fingerprint density at radius 3 is 2.34 bits per heavy atom. The molecule has 10 nitrogen and oxygen atoms in total. The molecule has 2 amide bonds. The highest BCUT2D eigenvalue weighted by Crippen LogP contribution is 2.18. The second-order valence-electron chi connectivity index (χ2n) is 7.39. The van der Waals surface area contributed by atoms with Gasteiger partial charge in [0.15, 0.2) is 5.82 Å². The molecule has 32 heavy (non-hydrogen) atoms. The van der Waals surface area contributed by atoms with Crippen molar-refractivity contribution in [1.29, 1.82) is 0 Å². The van der Waals surface area contributed by atoms with Crippen LogP contribution >= 0.6 is 0 Å². The summed E-state index contributed by atoms with van der Waals surface area (Å²) in [6.07, 6.45) is 0.919. The maximum Gasteiger partial charge on any atom is 0.409 e. The fourth-order valence-electron chi connectivity index (χ4n) is 3.32. The van der Waals surface area contributed by atoms with Crippen molar-refractivity contribution in [3.8, 4) is 17.1 Å². The van der Waals surface area contributed by atoms with Crippen LogP contribution in [0, 0.1) is 0 Å². The van der Waals surface area contributed by atoms with Crippen LogP contribution in [0.15, 0.2) is 29.1 Å². The molecule has 0 radical (unpaired) electrons. The number of carbonyl (C=O) groups is 2. The van der Waals surface area contributed by atoms with Gasteiger partial charge in [-0.1, -0.05) is 6.92 Å². The standard InChI is InChI=1S/C22H29N5O5/c1-3-15-32-17-7-5-16(6-8-17)20-23-21(29)18(24-25-20)9-10-19(28)26-11-13-27(14-12-26)22(30)31-4-2/h5-8H,3-4,9-15H2,1-2H3,(H,23,25,29). The maximum atomic E-state index is 12.5. The van der Waals surface area contributed by atoms with Crippen LogP contribution in [0.2, 0.25) is 0 Å². The van der Waals surface area contributed by atoms with Gasteiger partial charge in [-0.3, -0.25) is 9.59 Å². The van der Waals surface area contributed by atoms with Crippen molar-refractivity contribution in [2.75, 3.05) is 39.4 Å². The zero-order valence-electron chi connectivity index (χ0n) is 18.5. The number of aryl methyl sites for hydroxylation is 1. The highest BCUT2D eigenvalue weighted by atomic mass is 16.6. The van der Waals surface area contributed by atoms with Gasteiger partial charge in [-0.25, -0.2) is 4.79 Å². The van der Waals surface area contributed by atoms with Crippen LogP contribution in [0.1, 0.15) is 32.4 Å². The molecule has 1 saturated heterocycles. The van der Waals surface area contributed by atoms with E-state index in [0.717, 1.165) is 17.7 Å². The zero-order chi connectivity index (χ0) is 22.9. The highest BCUT2D eigenvalue weighted by Gasteiger charge is 2.24. The lowest BCUT2D eigenvalue weighted by atomic mass is 10.2. The third-order valence-corrected chi connectivity index (χ3v) is 5.10. The molecule has 0 saturated carbocycles. The maximum absolute atomic E-state index is 12.5. The molecule has 1 aromatic heterocycles. The number of aromatic amines is 1. The summed E-state index contributed by atoms with van der Waals surface area (Å²) in [5.41, 5.74) is 0.581. The smallest absolute Gasteiger partial charge is 0.409 e. The Bertz CT molecular complexity index is 967. The first-order valence-electron chi connectivity index (χ1n) is 10.9. The molecular formula is C22H29N5O5. The summed E-state index contributed by atoms with van der Waals surface area (Å²) in [6.45, 7) is 6.51. The minimum absolute atomic E-state index is 0.0820. The predicted molar refractivity (Wildman–Crippen MR) is 117 cm³/mol. The average Bonchev–Trinajstić information content (AvgIpc) is 2.82. The number of ether oxygens (including phenoxy) is 2. The Morgan fingerprint density at radius 1 is 1.03 bits per heavy atom. The second-order valence-corrected chi connectivity index (χ2v) is 7.39. The molecule has 3 rings (SSSR count). The number of benzene rings is 1. The molecule has 0 spiro atoms. The van der Waals surface area contributed by atoms with E-state index in [4.69, 9.17) is 9.47 Å². The van der Waals surface area contributed by atoms with Crippen LogP contribution in [0.5, 0.6) is 5.75 Å². The Balaban J connectivity index is 1.52. The van der Waals surface area contributed by atoms with Crippen molar-refractivity contribution in [1.82, 2.24) is 25.0 Å². The SMILES string of the molecule is CCCOc1ccc(-c2nnc(CCC(=O)N3CCN(C(=O)OCC)CC3)c(=O)[nH]2)cc1. The van der Waals surface area contributed by atoms with Crippen LogP contribution in [-0.2, 0) is 16.0 Å². The van der Waals surface area contributed by atoms with E-state index in [9.17, 15) is 14.4 Å². The summed E-state index contributed by atoms with van der Waals surface area (Å²) in [5, 5.41) is 8.14. The Morgan fingerprint density at radius 2 is 1.72 bits per heavy atom. The molecule has 0 bridgehead atoms. The summed E-state index contributed by atoms with van der Waals surface area (Å²) in [7, 11) is 0. The van der Waals surface area contributed by atoms with Gasteiger partial charge in [0.05, 0.1) is 13.2 Å². The molecule has 0 aliphatic carbocycles. The van der Waals surface area contributed by atoms with Crippen LogP contribution < -0.4 is 10.3 Å². The molecule has 172 valence electrons. The second kappa shape index (κ2) is 11.3. The summed E-state index contributed by atoms with van der Waals surface area (Å²) < 4.78 is 10.5. The van der Waals surface area contributed by atoms with Gasteiger partial charge < -0.3 is 24.3 Å². The first-order chi connectivity index (χ1) is 15.5. The largest absolute Gasteiger partial charge is 0.494 e. The number of carbonyl (C=O) groups excluding carboxylic acids is 2. The summed E-state index contributed by atoms with van der Waals surface area (Å²) in [4.78, 5) is 42.7. The number of aromatic nitrogens is 3. The van der Waals surface area contributed by atoms with Crippen molar-refractivity contribution in [3.05, 3.63) is 40.3 Å². The number of hydrogen-bond donors (Lipinski definition) is 1. The molecule has 0 unspecified atom stereocenters. The van der Waals surface area contributed by atoms with Crippen molar-refractivity contribution in [3.63, 3.8) is 0 Å². The molecule has 1 fully saturated rings. The Labute approximate surface area is 186 Å². The average molecular weight is 444 g/mol. The van der Waals surface area contributed by atoms with E-state index in [-0.39, 0.29) is 36.1 Å². The lowest BCUT2D eigenvalue weighted by Crippen LogP contribution is -2.50. The van der Waals surface area contributed by atoms with Crippen molar-refractivity contribution < 1.29 is 19.1 Å². The Kier molecular flexibility index (Phi) is 8.18. The fraction of sp³-hybridized carbons (Fsp3) is 0.500. The van der Waals surface area contributed by atoms with E-state index >= 15 is 0 Å². The van der Waals surface area contributed by atoms with Gasteiger partial charge >= 0.3 is 6.09 Å². The summed E-state index contributed by atoms with van der Waals surface area (Å²) >= 11 is 0. The van der Waals surface area contributed by atoms with Crippen LogP contribution in [0.25, 0.3) is 11.4 Å². The van der Waals surface area contributed by atoms with Crippen LogP contribution in [0.3, 0.4) is 0 Å². The van der Waals surface area contributed by atoms with E-state index in [1.54, 1.807) is 16.7 Å². The van der Waals surface area contributed by atoms with Gasteiger partial charge in [-0.05, 0) is 37.6 Å². The number of H-pyrrole nitrogens is 1. The van der Waals surface area contributed by atoms with Gasteiger partial charge in [0.2, 0.25) is 5.91 Å². The third-order valence-electron chi connectivity index (χ3n) is 5.10. The molecule has 2 heterocycles. The lowest BCUT2D eigenvalue weighted by Gasteiger charge is -2.34. The molecule has 0 atom stereocenters. The zero-order valence-corrected chi connectivity index (χ0v) is 18.5. The Hall–Kier alpha value is -3.43. The van der Waals surface area contributed by atoms with E-state index in [1.807, 2.05) is 31.2 Å². The molecular weight excluding hydrogens is 414 g/mol.